The van der Waals surface area contributed by atoms with Gasteiger partial charge in [-0.1, -0.05) is 6.07 Å². The molecule has 5 heterocycles. The van der Waals surface area contributed by atoms with Crippen molar-refractivity contribution in [1.82, 2.24) is 28.9 Å². The molecule has 0 bridgehead atoms. The molecule has 0 amide bonds. The van der Waals surface area contributed by atoms with E-state index >= 15 is 0 Å². The molecule has 0 radical (unpaired) electrons. The average Bonchev–Trinajstić information content (AvgIpc) is 3.24. The summed E-state index contributed by atoms with van der Waals surface area (Å²) >= 11 is 0. The van der Waals surface area contributed by atoms with Gasteiger partial charge in [-0.05, 0) is 36.4 Å². The van der Waals surface area contributed by atoms with Crippen molar-refractivity contribution in [1.29, 1.82) is 0 Å². The van der Waals surface area contributed by atoms with Gasteiger partial charge in [0.2, 0.25) is 0 Å². The van der Waals surface area contributed by atoms with Crippen LogP contribution in [0.2, 0.25) is 0 Å². The molecule has 152 valence electrons. The molecule has 5 rings (SSSR count). The van der Waals surface area contributed by atoms with Gasteiger partial charge in [0.15, 0.2) is 10.7 Å². The number of fused-ring (bicyclic) bond motifs is 1. The summed E-state index contributed by atoms with van der Waals surface area (Å²) in [5, 5.41) is 4.58. The quantitative estimate of drug-likeness (QED) is 0.495. The Bertz CT molecular complexity index is 1270. The number of nitrogens with zero attached hydrogens (tertiary/aromatic N) is 7. The van der Waals surface area contributed by atoms with Gasteiger partial charge in [-0.25, -0.2) is 22.9 Å². The van der Waals surface area contributed by atoms with Crippen molar-refractivity contribution < 1.29 is 8.42 Å². The number of sulfonamides is 1. The van der Waals surface area contributed by atoms with Gasteiger partial charge in [-0.2, -0.15) is 9.40 Å². The molecule has 0 atom stereocenters. The summed E-state index contributed by atoms with van der Waals surface area (Å²) < 4.78 is 29.5. The van der Waals surface area contributed by atoms with E-state index in [-0.39, 0.29) is 5.03 Å². The highest BCUT2D eigenvalue weighted by Crippen LogP contribution is 2.22. The van der Waals surface area contributed by atoms with Gasteiger partial charge in [-0.15, -0.1) is 0 Å². The number of piperazine rings is 1. The summed E-state index contributed by atoms with van der Waals surface area (Å²) in [6.45, 7) is 1.88. The lowest BCUT2D eigenvalue weighted by Crippen LogP contribution is -2.49. The predicted octanol–water partition coefficient (Wildman–Crippen LogP) is 1.70. The van der Waals surface area contributed by atoms with Crippen LogP contribution in [0.4, 0.5) is 5.82 Å². The van der Waals surface area contributed by atoms with Crippen molar-refractivity contribution >= 4 is 21.5 Å². The molecule has 1 aliphatic heterocycles. The lowest BCUT2D eigenvalue weighted by molar-refractivity contribution is 0.381. The Morgan fingerprint density at radius 1 is 0.833 bits per heavy atom. The summed E-state index contributed by atoms with van der Waals surface area (Å²) in [6.07, 6.45) is 6.48. The van der Waals surface area contributed by atoms with Gasteiger partial charge >= 0.3 is 0 Å². The van der Waals surface area contributed by atoms with Gasteiger partial charge in [0.25, 0.3) is 10.0 Å². The second-order valence-electron chi connectivity index (χ2n) is 6.91. The highest BCUT2D eigenvalue weighted by atomic mass is 32.2. The lowest BCUT2D eigenvalue weighted by atomic mass is 10.2. The van der Waals surface area contributed by atoms with Crippen LogP contribution in [0.1, 0.15) is 0 Å². The zero-order valence-corrected chi connectivity index (χ0v) is 16.9. The molecule has 0 N–H and O–H groups in total. The van der Waals surface area contributed by atoms with E-state index in [1.54, 1.807) is 30.7 Å². The zero-order chi connectivity index (χ0) is 20.6. The molecule has 0 saturated carbocycles. The van der Waals surface area contributed by atoms with E-state index in [1.807, 2.05) is 30.3 Å². The second kappa shape index (κ2) is 7.47. The first-order valence-electron chi connectivity index (χ1n) is 9.54. The first-order chi connectivity index (χ1) is 14.6. The summed E-state index contributed by atoms with van der Waals surface area (Å²) in [4.78, 5) is 14.8. The van der Waals surface area contributed by atoms with Crippen LogP contribution in [-0.4, -0.2) is 63.5 Å². The standard InChI is InChI=1S/C20H19N7O2S/c28-30(29,26-12-10-25(11-13-26)18-5-1-2-9-22-18)20-15-23-19-7-6-17(24-27(19)20)16-4-3-8-21-14-16/h1-9,14-15H,10-13H2. The molecule has 0 unspecified atom stereocenters. The van der Waals surface area contributed by atoms with Crippen molar-refractivity contribution in [3.8, 4) is 11.3 Å². The number of hydrogen-bond donors (Lipinski definition) is 0. The fraction of sp³-hybridized carbons (Fsp3) is 0.200. The summed E-state index contributed by atoms with van der Waals surface area (Å²) in [6, 6.07) is 13.0. The maximum atomic E-state index is 13.3. The first-order valence-corrected chi connectivity index (χ1v) is 11.0. The zero-order valence-electron chi connectivity index (χ0n) is 16.0. The molecule has 0 aromatic carbocycles. The molecule has 0 aliphatic carbocycles. The van der Waals surface area contributed by atoms with Crippen LogP contribution in [-0.2, 0) is 10.0 Å². The van der Waals surface area contributed by atoms with E-state index < -0.39 is 10.0 Å². The molecule has 4 aromatic rings. The molecule has 9 nitrogen and oxygen atoms in total. The molecule has 1 saturated heterocycles. The number of anilines is 1. The number of rotatable bonds is 4. The molecule has 1 aliphatic rings. The highest BCUT2D eigenvalue weighted by Gasteiger charge is 2.31. The van der Waals surface area contributed by atoms with Crippen LogP contribution in [0.3, 0.4) is 0 Å². The Kier molecular flexibility index (Phi) is 4.64. The van der Waals surface area contributed by atoms with Crippen LogP contribution in [0.5, 0.6) is 0 Å². The van der Waals surface area contributed by atoms with E-state index in [9.17, 15) is 8.42 Å². The lowest BCUT2D eigenvalue weighted by Gasteiger charge is -2.34. The fourth-order valence-corrected chi connectivity index (χ4v) is 4.97. The Morgan fingerprint density at radius 3 is 2.43 bits per heavy atom. The third kappa shape index (κ3) is 3.29. The SMILES string of the molecule is O=S(=O)(c1cnc2ccc(-c3cccnc3)nn12)N1CCN(c2ccccn2)CC1. The van der Waals surface area contributed by atoms with E-state index in [4.69, 9.17) is 0 Å². The van der Waals surface area contributed by atoms with Crippen molar-refractivity contribution in [2.24, 2.45) is 0 Å². The van der Waals surface area contributed by atoms with Crippen LogP contribution >= 0.6 is 0 Å². The average molecular weight is 421 g/mol. The van der Waals surface area contributed by atoms with Crippen LogP contribution in [0.25, 0.3) is 16.9 Å². The molecule has 4 aromatic heterocycles. The van der Waals surface area contributed by atoms with Crippen LogP contribution in [0.15, 0.2) is 72.3 Å². The Hall–Kier alpha value is -3.37. The molecule has 0 spiro atoms. The number of hydrogen-bond acceptors (Lipinski definition) is 7. The smallest absolute Gasteiger partial charge is 0.262 e. The molecular formula is C20H19N7O2S. The van der Waals surface area contributed by atoms with Crippen molar-refractivity contribution in [3.63, 3.8) is 0 Å². The summed E-state index contributed by atoms with van der Waals surface area (Å²) in [5.41, 5.74) is 1.92. The van der Waals surface area contributed by atoms with Gasteiger partial charge in [0.1, 0.15) is 5.82 Å². The van der Waals surface area contributed by atoms with Crippen molar-refractivity contribution in [2.75, 3.05) is 31.1 Å². The number of pyridine rings is 2. The van der Waals surface area contributed by atoms with E-state index in [0.29, 0.717) is 37.5 Å². The van der Waals surface area contributed by atoms with Crippen LogP contribution in [0, 0.1) is 0 Å². The van der Waals surface area contributed by atoms with Gasteiger partial charge in [0.05, 0.1) is 11.9 Å². The molecular weight excluding hydrogens is 402 g/mol. The maximum absolute atomic E-state index is 13.3. The minimum atomic E-state index is -3.74. The topological polar surface area (TPSA) is 96.6 Å². The maximum Gasteiger partial charge on any atom is 0.262 e. The van der Waals surface area contributed by atoms with E-state index in [2.05, 4.69) is 25.0 Å². The molecule has 10 heteroatoms. The van der Waals surface area contributed by atoms with Crippen molar-refractivity contribution in [2.45, 2.75) is 5.03 Å². The largest absolute Gasteiger partial charge is 0.354 e. The monoisotopic (exact) mass is 421 g/mol. The Labute approximate surface area is 173 Å². The third-order valence-corrected chi connectivity index (χ3v) is 6.96. The Balaban J connectivity index is 1.43. The predicted molar refractivity (Wildman–Crippen MR) is 111 cm³/mol. The minimum Gasteiger partial charge on any atom is -0.354 e. The Morgan fingerprint density at radius 2 is 1.70 bits per heavy atom. The second-order valence-corrected chi connectivity index (χ2v) is 8.79. The summed E-state index contributed by atoms with van der Waals surface area (Å²) in [5.74, 6) is 0.854. The van der Waals surface area contributed by atoms with Gasteiger partial charge in [-0.3, -0.25) is 4.98 Å². The number of imidazole rings is 1. The summed E-state index contributed by atoms with van der Waals surface area (Å²) in [7, 11) is -3.74. The highest BCUT2D eigenvalue weighted by molar-refractivity contribution is 7.89. The van der Waals surface area contributed by atoms with E-state index in [1.165, 1.54) is 15.0 Å². The van der Waals surface area contributed by atoms with Crippen LogP contribution < -0.4 is 4.90 Å². The van der Waals surface area contributed by atoms with Gasteiger partial charge < -0.3 is 4.90 Å². The molecule has 30 heavy (non-hydrogen) atoms. The number of aromatic nitrogens is 5. The fourth-order valence-electron chi connectivity index (χ4n) is 3.53. The normalized spacial score (nSPS) is 15.5. The third-order valence-electron chi connectivity index (χ3n) is 5.10. The minimum absolute atomic E-state index is 0.0644. The van der Waals surface area contributed by atoms with Gasteiger partial charge in [0, 0.05) is 50.3 Å². The van der Waals surface area contributed by atoms with Crippen molar-refractivity contribution in [3.05, 3.63) is 67.3 Å². The molecule has 1 fully saturated rings. The van der Waals surface area contributed by atoms with E-state index in [0.717, 1.165) is 11.4 Å². The first kappa shape index (κ1) is 18.6.